The van der Waals surface area contributed by atoms with Gasteiger partial charge in [0.15, 0.2) is 0 Å². The normalized spacial score (nSPS) is 14.4. The molecule has 0 amide bonds. The van der Waals surface area contributed by atoms with Crippen LogP contribution in [-0.4, -0.2) is 28.0 Å². The van der Waals surface area contributed by atoms with Gasteiger partial charge in [0.25, 0.3) is 0 Å². The van der Waals surface area contributed by atoms with Crippen LogP contribution in [0.15, 0.2) is 54.6 Å². The van der Waals surface area contributed by atoms with Crippen molar-refractivity contribution in [2.75, 3.05) is 29.0 Å². The van der Waals surface area contributed by atoms with Gasteiger partial charge >= 0.3 is 5.69 Å². The van der Waals surface area contributed by atoms with E-state index in [9.17, 15) is 14.5 Å². The van der Waals surface area contributed by atoms with Crippen molar-refractivity contribution >= 4 is 29.0 Å². The Morgan fingerprint density at radius 1 is 1.10 bits per heavy atom. The molecule has 2 heterocycles. The Balaban J connectivity index is 1.51. The number of nitrogens with zero attached hydrogens (tertiary/aromatic N) is 4. The molecule has 0 aliphatic carbocycles. The topological polar surface area (TPSA) is 110 Å². The second kappa shape index (κ2) is 8.95. The maximum atomic E-state index is 13.2. The van der Waals surface area contributed by atoms with E-state index in [2.05, 4.69) is 27.4 Å². The summed E-state index contributed by atoms with van der Waals surface area (Å²) >= 11 is 0. The molecule has 1 aliphatic rings. The van der Waals surface area contributed by atoms with E-state index in [0.29, 0.717) is 17.6 Å². The van der Waals surface area contributed by atoms with E-state index in [1.807, 2.05) is 23.1 Å². The molecule has 1 saturated heterocycles. The number of nitrogens with one attached hydrogen (secondary N) is 1. The molecule has 1 fully saturated rings. The summed E-state index contributed by atoms with van der Waals surface area (Å²) in [5.41, 5.74) is 7.31. The molecule has 0 radical (unpaired) electrons. The van der Waals surface area contributed by atoms with Gasteiger partial charge in [-0.25, -0.2) is 4.39 Å². The lowest BCUT2D eigenvalue weighted by Gasteiger charge is -2.32. The zero-order valence-electron chi connectivity index (χ0n) is 16.9. The van der Waals surface area contributed by atoms with Gasteiger partial charge in [0, 0.05) is 18.8 Å². The van der Waals surface area contributed by atoms with E-state index in [4.69, 9.17) is 5.73 Å². The number of nitro groups is 1. The van der Waals surface area contributed by atoms with Crippen molar-refractivity contribution in [3.8, 4) is 0 Å². The van der Waals surface area contributed by atoms with Gasteiger partial charge in [0.2, 0.25) is 17.6 Å². The fourth-order valence-corrected chi connectivity index (χ4v) is 3.82. The van der Waals surface area contributed by atoms with Crippen LogP contribution in [0, 0.1) is 21.8 Å². The van der Waals surface area contributed by atoms with E-state index in [0.717, 1.165) is 32.4 Å². The largest absolute Gasteiger partial charge is 0.378 e. The smallest absolute Gasteiger partial charge is 0.353 e. The SMILES string of the molecule is Nc1nc(N2CCC(Cc3ccccc3)CC2)nc(Nc2ccc(F)cc2)c1[N+](=O)[O-]. The van der Waals surface area contributed by atoms with Crippen LogP contribution in [0.2, 0.25) is 0 Å². The molecule has 0 bridgehead atoms. The summed E-state index contributed by atoms with van der Waals surface area (Å²) in [7, 11) is 0. The molecule has 0 saturated carbocycles. The Kier molecular flexibility index (Phi) is 5.92. The molecular weight excluding hydrogens is 399 g/mol. The number of benzene rings is 2. The second-order valence-electron chi connectivity index (χ2n) is 7.62. The molecule has 0 atom stereocenters. The van der Waals surface area contributed by atoms with Crippen LogP contribution in [0.5, 0.6) is 0 Å². The Morgan fingerprint density at radius 3 is 2.42 bits per heavy atom. The minimum absolute atomic E-state index is 0.00878. The lowest BCUT2D eigenvalue weighted by molar-refractivity contribution is -0.383. The first-order valence-electron chi connectivity index (χ1n) is 10.1. The Hall–Kier alpha value is -3.75. The summed E-state index contributed by atoms with van der Waals surface area (Å²) in [5.74, 6) is 0.301. The first-order valence-corrected chi connectivity index (χ1v) is 10.1. The van der Waals surface area contributed by atoms with E-state index >= 15 is 0 Å². The van der Waals surface area contributed by atoms with Gasteiger partial charge in [0.05, 0.1) is 4.92 Å². The van der Waals surface area contributed by atoms with Crippen molar-refractivity contribution in [3.05, 3.63) is 76.1 Å². The fraction of sp³-hybridized carbons (Fsp3) is 0.273. The van der Waals surface area contributed by atoms with Crippen LogP contribution in [-0.2, 0) is 6.42 Å². The molecule has 4 rings (SSSR count). The van der Waals surface area contributed by atoms with Gasteiger partial charge in [-0.15, -0.1) is 0 Å². The third-order valence-corrected chi connectivity index (χ3v) is 5.45. The second-order valence-corrected chi connectivity index (χ2v) is 7.62. The number of rotatable bonds is 6. The highest BCUT2D eigenvalue weighted by molar-refractivity contribution is 5.74. The lowest BCUT2D eigenvalue weighted by atomic mass is 9.90. The molecule has 0 unspecified atom stereocenters. The number of nitrogen functional groups attached to an aromatic ring is 1. The molecule has 160 valence electrons. The predicted molar refractivity (Wildman–Crippen MR) is 118 cm³/mol. The standard InChI is InChI=1S/C22H23FN6O2/c23-17-6-8-18(9-7-17)25-21-19(29(30)31)20(24)26-22(27-21)28-12-10-16(11-13-28)14-15-4-2-1-3-5-15/h1-9,16H,10-14H2,(H3,24,25,26,27). The summed E-state index contributed by atoms with van der Waals surface area (Å²) in [6, 6.07) is 15.9. The van der Waals surface area contributed by atoms with E-state index in [1.54, 1.807) is 0 Å². The molecule has 31 heavy (non-hydrogen) atoms. The van der Waals surface area contributed by atoms with Gasteiger partial charge in [0.1, 0.15) is 5.82 Å². The molecule has 9 heteroatoms. The van der Waals surface area contributed by atoms with Crippen molar-refractivity contribution in [2.24, 2.45) is 5.92 Å². The molecule has 3 N–H and O–H groups in total. The number of piperidine rings is 1. The maximum absolute atomic E-state index is 13.2. The summed E-state index contributed by atoms with van der Waals surface area (Å²) < 4.78 is 13.2. The van der Waals surface area contributed by atoms with Crippen molar-refractivity contribution in [3.63, 3.8) is 0 Å². The average Bonchev–Trinajstić information content (AvgIpc) is 2.76. The van der Waals surface area contributed by atoms with Crippen LogP contribution in [0.1, 0.15) is 18.4 Å². The molecule has 8 nitrogen and oxygen atoms in total. The molecular formula is C22H23FN6O2. The van der Waals surface area contributed by atoms with E-state index in [-0.39, 0.29) is 11.6 Å². The zero-order valence-corrected chi connectivity index (χ0v) is 16.9. The number of hydrogen-bond donors (Lipinski definition) is 2. The molecule has 2 aromatic carbocycles. The van der Waals surface area contributed by atoms with E-state index < -0.39 is 16.4 Å². The number of anilines is 4. The minimum atomic E-state index is -0.614. The maximum Gasteiger partial charge on any atom is 0.353 e. The highest BCUT2D eigenvalue weighted by Gasteiger charge is 2.27. The number of hydrogen-bond acceptors (Lipinski definition) is 7. The summed E-state index contributed by atoms with van der Waals surface area (Å²) in [6.07, 6.45) is 2.96. The van der Waals surface area contributed by atoms with Crippen LogP contribution in [0.25, 0.3) is 0 Å². The van der Waals surface area contributed by atoms with Crippen LogP contribution in [0.4, 0.5) is 33.3 Å². The highest BCUT2D eigenvalue weighted by Crippen LogP contribution is 2.33. The summed E-state index contributed by atoms with van der Waals surface area (Å²) in [4.78, 5) is 21.5. The minimum Gasteiger partial charge on any atom is -0.378 e. The van der Waals surface area contributed by atoms with Gasteiger partial charge < -0.3 is 16.0 Å². The third kappa shape index (κ3) is 4.88. The summed E-state index contributed by atoms with van der Waals surface area (Å²) in [5, 5.41) is 14.4. The number of aromatic nitrogens is 2. The van der Waals surface area contributed by atoms with Crippen molar-refractivity contribution < 1.29 is 9.31 Å². The quantitative estimate of drug-likeness (QED) is 0.450. The summed E-state index contributed by atoms with van der Waals surface area (Å²) in [6.45, 7) is 1.48. The molecule has 1 aromatic heterocycles. The first kappa shape index (κ1) is 20.5. The number of halogens is 1. The van der Waals surface area contributed by atoms with Crippen LogP contribution < -0.4 is 16.0 Å². The first-order chi connectivity index (χ1) is 15.0. The molecule has 1 aliphatic heterocycles. The molecule has 0 spiro atoms. The molecule has 3 aromatic rings. The Bertz CT molecular complexity index is 1050. The monoisotopic (exact) mass is 422 g/mol. The zero-order chi connectivity index (χ0) is 21.8. The predicted octanol–water partition coefficient (Wildman–Crippen LogP) is 4.31. The van der Waals surface area contributed by atoms with Crippen molar-refractivity contribution in [2.45, 2.75) is 19.3 Å². The van der Waals surface area contributed by atoms with Gasteiger partial charge in [-0.1, -0.05) is 30.3 Å². The van der Waals surface area contributed by atoms with Crippen molar-refractivity contribution in [1.82, 2.24) is 9.97 Å². The average molecular weight is 422 g/mol. The van der Waals surface area contributed by atoms with Gasteiger partial charge in [-0.3, -0.25) is 10.1 Å². The third-order valence-electron chi connectivity index (χ3n) is 5.45. The van der Waals surface area contributed by atoms with E-state index in [1.165, 1.54) is 29.8 Å². The van der Waals surface area contributed by atoms with Crippen LogP contribution >= 0.6 is 0 Å². The lowest BCUT2D eigenvalue weighted by Crippen LogP contribution is -2.35. The van der Waals surface area contributed by atoms with Gasteiger partial charge in [-0.05, 0) is 55.0 Å². The number of nitrogens with two attached hydrogens (primary N) is 1. The fourth-order valence-electron chi connectivity index (χ4n) is 3.82. The van der Waals surface area contributed by atoms with Crippen molar-refractivity contribution in [1.29, 1.82) is 0 Å². The Labute approximate surface area is 179 Å². The Morgan fingerprint density at radius 2 is 1.77 bits per heavy atom. The highest BCUT2D eigenvalue weighted by atomic mass is 19.1. The van der Waals surface area contributed by atoms with Gasteiger partial charge in [-0.2, -0.15) is 9.97 Å². The van der Waals surface area contributed by atoms with Crippen LogP contribution in [0.3, 0.4) is 0 Å².